The molecule has 1 aromatic carbocycles. The Labute approximate surface area is 108 Å². The third kappa shape index (κ3) is 2.36. The molecule has 0 fully saturated rings. The minimum absolute atomic E-state index is 0.0907. The van der Waals surface area contributed by atoms with Crippen molar-refractivity contribution in [1.82, 2.24) is 10.2 Å². The molecule has 1 heterocycles. The van der Waals surface area contributed by atoms with Crippen molar-refractivity contribution in [3.63, 3.8) is 0 Å². The summed E-state index contributed by atoms with van der Waals surface area (Å²) < 4.78 is 0. The molecule has 2 N–H and O–H groups in total. The van der Waals surface area contributed by atoms with Crippen LogP contribution in [0, 0.1) is 17.0 Å². The van der Waals surface area contributed by atoms with E-state index in [-0.39, 0.29) is 10.6 Å². The van der Waals surface area contributed by atoms with Crippen LogP contribution in [0.5, 0.6) is 0 Å². The van der Waals surface area contributed by atoms with Crippen LogP contribution in [0.25, 0.3) is 10.6 Å². The lowest BCUT2D eigenvalue weighted by Gasteiger charge is -2.01. The Morgan fingerprint density at radius 2 is 2.22 bits per heavy atom. The fraction of sp³-hybridized carbons (Fsp3) is 0.273. The number of hydrogen-bond donors (Lipinski definition) is 1. The Morgan fingerprint density at radius 3 is 2.89 bits per heavy atom. The Morgan fingerprint density at radius 1 is 1.44 bits per heavy atom. The Hall–Kier alpha value is -1.86. The highest BCUT2D eigenvalue weighted by atomic mass is 32.1. The van der Waals surface area contributed by atoms with Crippen molar-refractivity contribution >= 4 is 17.0 Å². The summed E-state index contributed by atoms with van der Waals surface area (Å²) in [5.74, 6) is 0. The summed E-state index contributed by atoms with van der Waals surface area (Å²) in [6.07, 6.45) is 0.636. The summed E-state index contributed by atoms with van der Waals surface area (Å²) in [7, 11) is 0. The predicted molar refractivity (Wildman–Crippen MR) is 69.5 cm³/mol. The van der Waals surface area contributed by atoms with E-state index in [9.17, 15) is 10.1 Å². The molecule has 0 aliphatic heterocycles. The first-order valence-corrected chi connectivity index (χ1v) is 6.22. The molecule has 0 amide bonds. The normalized spacial score (nSPS) is 10.6. The van der Waals surface area contributed by atoms with Crippen molar-refractivity contribution in [2.75, 3.05) is 6.54 Å². The molecule has 1 aromatic heterocycles. The standard InChI is InChI=1S/C11H12N4O2S/c1-7-3-2-4-8(10(7)15(16)17)11-14-13-9(18-11)5-6-12/h2-4H,5-6,12H2,1H3. The summed E-state index contributed by atoms with van der Waals surface area (Å²) in [5, 5.41) is 20.4. The molecule has 0 saturated carbocycles. The first-order valence-electron chi connectivity index (χ1n) is 5.40. The Kier molecular flexibility index (Phi) is 3.63. The molecule has 2 aromatic rings. The van der Waals surface area contributed by atoms with Gasteiger partial charge in [0, 0.05) is 12.0 Å². The lowest BCUT2D eigenvalue weighted by molar-refractivity contribution is -0.384. The minimum atomic E-state index is -0.380. The van der Waals surface area contributed by atoms with E-state index in [1.807, 2.05) is 0 Å². The summed E-state index contributed by atoms with van der Waals surface area (Å²) in [6.45, 7) is 2.20. The fourth-order valence-corrected chi connectivity index (χ4v) is 2.54. The van der Waals surface area contributed by atoms with Crippen LogP contribution in [-0.4, -0.2) is 21.7 Å². The van der Waals surface area contributed by atoms with E-state index >= 15 is 0 Å². The first-order chi connectivity index (χ1) is 8.63. The maximum Gasteiger partial charge on any atom is 0.282 e. The zero-order chi connectivity index (χ0) is 13.1. The first kappa shape index (κ1) is 12.6. The molecule has 0 atom stereocenters. The molecule has 0 unspecified atom stereocenters. The van der Waals surface area contributed by atoms with Gasteiger partial charge in [0.1, 0.15) is 5.01 Å². The second-order valence-corrected chi connectivity index (χ2v) is 4.83. The van der Waals surface area contributed by atoms with E-state index in [0.717, 1.165) is 5.01 Å². The number of para-hydroxylation sites is 1. The van der Waals surface area contributed by atoms with Crippen LogP contribution in [0.15, 0.2) is 18.2 Å². The van der Waals surface area contributed by atoms with Gasteiger partial charge in [-0.3, -0.25) is 10.1 Å². The fourth-order valence-electron chi connectivity index (χ4n) is 1.66. The second kappa shape index (κ2) is 5.19. The van der Waals surface area contributed by atoms with Gasteiger partial charge in [-0.2, -0.15) is 0 Å². The van der Waals surface area contributed by atoms with Crippen LogP contribution in [0.2, 0.25) is 0 Å². The smallest absolute Gasteiger partial charge is 0.282 e. The van der Waals surface area contributed by atoms with Crippen molar-refractivity contribution in [1.29, 1.82) is 0 Å². The molecule has 0 bridgehead atoms. The van der Waals surface area contributed by atoms with Crippen molar-refractivity contribution in [3.05, 3.63) is 38.9 Å². The molecular formula is C11H12N4O2S. The number of nitrogens with two attached hydrogens (primary N) is 1. The molecule has 0 saturated heterocycles. The number of nitro groups is 1. The SMILES string of the molecule is Cc1cccc(-c2nnc(CCN)s2)c1[N+](=O)[O-]. The lowest BCUT2D eigenvalue weighted by atomic mass is 10.1. The van der Waals surface area contributed by atoms with Crippen LogP contribution in [0.1, 0.15) is 10.6 Å². The highest BCUT2D eigenvalue weighted by Gasteiger charge is 2.20. The number of nitrogens with zero attached hydrogens (tertiary/aromatic N) is 3. The zero-order valence-electron chi connectivity index (χ0n) is 9.79. The quantitative estimate of drug-likeness (QED) is 0.672. The van der Waals surface area contributed by atoms with Crippen LogP contribution in [0.4, 0.5) is 5.69 Å². The Bertz CT molecular complexity index is 582. The molecule has 0 aliphatic carbocycles. The summed E-state index contributed by atoms with van der Waals surface area (Å²) >= 11 is 1.34. The predicted octanol–water partition coefficient (Wildman–Crippen LogP) is 1.92. The number of hydrogen-bond acceptors (Lipinski definition) is 6. The van der Waals surface area contributed by atoms with E-state index in [1.54, 1.807) is 25.1 Å². The molecule has 18 heavy (non-hydrogen) atoms. The largest absolute Gasteiger partial charge is 0.330 e. The van der Waals surface area contributed by atoms with Crippen molar-refractivity contribution < 1.29 is 4.92 Å². The molecule has 94 valence electrons. The Balaban J connectivity index is 2.49. The van der Waals surface area contributed by atoms with Crippen molar-refractivity contribution in [2.24, 2.45) is 5.73 Å². The lowest BCUT2D eigenvalue weighted by Crippen LogP contribution is -2.01. The highest BCUT2D eigenvalue weighted by molar-refractivity contribution is 7.14. The molecule has 0 aliphatic rings. The van der Waals surface area contributed by atoms with Gasteiger partial charge >= 0.3 is 0 Å². The third-order valence-electron chi connectivity index (χ3n) is 2.48. The van der Waals surface area contributed by atoms with Gasteiger partial charge in [-0.15, -0.1) is 10.2 Å². The number of aromatic nitrogens is 2. The third-order valence-corrected chi connectivity index (χ3v) is 3.49. The summed E-state index contributed by atoms with van der Waals surface area (Å²) in [4.78, 5) is 10.7. The second-order valence-electron chi connectivity index (χ2n) is 3.77. The summed E-state index contributed by atoms with van der Waals surface area (Å²) in [5.41, 5.74) is 6.67. The summed E-state index contributed by atoms with van der Waals surface area (Å²) in [6, 6.07) is 5.18. The van der Waals surface area contributed by atoms with E-state index in [0.29, 0.717) is 29.1 Å². The topological polar surface area (TPSA) is 94.9 Å². The van der Waals surface area contributed by atoms with Gasteiger partial charge in [0.15, 0.2) is 5.01 Å². The average molecular weight is 264 g/mol. The van der Waals surface area contributed by atoms with Gasteiger partial charge in [-0.1, -0.05) is 23.5 Å². The number of nitro benzene ring substituents is 1. The molecule has 0 spiro atoms. The van der Waals surface area contributed by atoms with Gasteiger partial charge in [0.2, 0.25) is 0 Å². The molecule has 0 radical (unpaired) electrons. The number of rotatable bonds is 4. The maximum atomic E-state index is 11.1. The van der Waals surface area contributed by atoms with Crippen LogP contribution in [-0.2, 0) is 6.42 Å². The van der Waals surface area contributed by atoms with E-state index in [1.165, 1.54) is 11.3 Å². The maximum absolute atomic E-state index is 11.1. The molecule has 2 rings (SSSR count). The monoisotopic (exact) mass is 264 g/mol. The van der Waals surface area contributed by atoms with E-state index < -0.39 is 0 Å². The van der Waals surface area contributed by atoms with Crippen LogP contribution < -0.4 is 5.73 Å². The van der Waals surface area contributed by atoms with Gasteiger partial charge in [-0.05, 0) is 19.5 Å². The van der Waals surface area contributed by atoms with Gasteiger partial charge in [0.05, 0.1) is 10.5 Å². The van der Waals surface area contributed by atoms with E-state index in [4.69, 9.17) is 5.73 Å². The van der Waals surface area contributed by atoms with Gasteiger partial charge < -0.3 is 5.73 Å². The number of benzene rings is 1. The van der Waals surface area contributed by atoms with E-state index in [2.05, 4.69) is 10.2 Å². The number of aryl methyl sites for hydroxylation is 1. The van der Waals surface area contributed by atoms with Crippen LogP contribution in [0.3, 0.4) is 0 Å². The minimum Gasteiger partial charge on any atom is -0.330 e. The average Bonchev–Trinajstić information content (AvgIpc) is 2.77. The molecular weight excluding hydrogens is 252 g/mol. The van der Waals surface area contributed by atoms with Gasteiger partial charge in [0.25, 0.3) is 5.69 Å². The highest BCUT2D eigenvalue weighted by Crippen LogP contribution is 2.34. The van der Waals surface area contributed by atoms with Crippen LogP contribution >= 0.6 is 11.3 Å². The van der Waals surface area contributed by atoms with Crippen molar-refractivity contribution in [2.45, 2.75) is 13.3 Å². The van der Waals surface area contributed by atoms with Crippen molar-refractivity contribution in [3.8, 4) is 10.6 Å². The molecule has 6 nitrogen and oxygen atoms in total. The van der Waals surface area contributed by atoms with Gasteiger partial charge in [-0.25, -0.2) is 0 Å². The zero-order valence-corrected chi connectivity index (χ0v) is 10.6. The molecule has 7 heteroatoms.